The summed E-state index contributed by atoms with van der Waals surface area (Å²) in [7, 11) is 0. The third-order valence-electron chi connectivity index (χ3n) is 4.45. The summed E-state index contributed by atoms with van der Waals surface area (Å²) in [5, 5.41) is 0.620. The highest BCUT2D eigenvalue weighted by atomic mass is 32.1. The van der Waals surface area contributed by atoms with Gasteiger partial charge in [-0.05, 0) is 48.0 Å². The van der Waals surface area contributed by atoms with Gasteiger partial charge in [0.05, 0.1) is 5.69 Å². The van der Waals surface area contributed by atoms with Gasteiger partial charge in [-0.25, -0.2) is 0 Å². The number of carbonyl (C=O) groups excluding carboxylic acids is 1. The number of benzene rings is 2. The van der Waals surface area contributed by atoms with Gasteiger partial charge in [0.2, 0.25) is 0 Å². The molecule has 2 heterocycles. The number of thiocarbonyl (C=S) groups is 1. The molecule has 1 amide bonds. The Balaban J connectivity index is 1.73. The Bertz CT molecular complexity index is 743. The van der Waals surface area contributed by atoms with Crippen molar-refractivity contribution in [3.63, 3.8) is 0 Å². The van der Waals surface area contributed by atoms with Crippen LogP contribution in [0.1, 0.15) is 16.7 Å². The van der Waals surface area contributed by atoms with Gasteiger partial charge >= 0.3 is 0 Å². The van der Waals surface area contributed by atoms with Crippen molar-refractivity contribution in [3.8, 4) is 0 Å². The summed E-state index contributed by atoms with van der Waals surface area (Å²) in [5.41, 5.74) is 4.51. The van der Waals surface area contributed by atoms with Crippen molar-refractivity contribution >= 4 is 28.9 Å². The van der Waals surface area contributed by atoms with Crippen LogP contribution in [-0.4, -0.2) is 22.0 Å². The minimum Gasteiger partial charge on any atom is -0.332 e. The Morgan fingerprint density at radius 1 is 1.09 bits per heavy atom. The van der Waals surface area contributed by atoms with E-state index in [9.17, 15) is 4.79 Å². The fourth-order valence-corrected chi connectivity index (χ4v) is 3.71. The minimum atomic E-state index is -0.164. The first-order valence-corrected chi connectivity index (χ1v) is 7.84. The van der Waals surface area contributed by atoms with E-state index in [4.69, 9.17) is 12.2 Å². The Morgan fingerprint density at radius 3 is 2.64 bits per heavy atom. The van der Waals surface area contributed by atoms with E-state index < -0.39 is 0 Å². The van der Waals surface area contributed by atoms with Gasteiger partial charge in [-0.15, -0.1) is 0 Å². The summed E-state index contributed by atoms with van der Waals surface area (Å²) in [4.78, 5) is 16.6. The molecule has 0 aromatic heterocycles. The first-order chi connectivity index (χ1) is 10.6. The average molecular weight is 308 g/mol. The molecule has 0 bridgehead atoms. The number of carbonyl (C=O) groups is 1. The van der Waals surface area contributed by atoms with Gasteiger partial charge in [0.15, 0.2) is 5.11 Å². The molecular weight excluding hydrogens is 292 g/mol. The third-order valence-corrected chi connectivity index (χ3v) is 4.87. The van der Waals surface area contributed by atoms with Crippen LogP contribution in [-0.2, 0) is 17.8 Å². The third kappa shape index (κ3) is 1.95. The molecule has 0 saturated carbocycles. The molecule has 1 fully saturated rings. The number of nitrogens with zero attached hydrogens (tertiary/aromatic N) is 2. The molecule has 2 aromatic rings. The first kappa shape index (κ1) is 13.5. The van der Waals surface area contributed by atoms with Crippen LogP contribution in [0.5, 0.6) is 0 Å². The summed E-state index contributed by atoms with van der Waals surface area (Å²) in [6.45, 7) is 2.74. The van der Waals surface area contributed by atoms with Crippen LogP contribution in [0, 0.1) is 6.92 Å². The van der Waals surface area contributed by atoms with Gasteiger partial charge in [0.1, 0.15) is 6.04 Å². The monoisotopic (exact) mass is 308 g/mol. The van der Waals surface area contributed by atoms with E-state index >= 15 is 0 Å². The lowest BCUT2D eigenvalue weighted by atomic mass is 9.95. The molecule has 22 heavy (non-hydrogen) atoms. The van der Waals surface area contributed by atoms with Gasteiger partial charge in [-0.2, -0.15) is 0 Å². The van der Waals surface area contributed by atoms with Crippen molar-refractivity contribution in [2.24, 2.45) is 0 Å². The first-order valence-electron chi connectivity index (χ1n) is 7.43. The van der Waals surface area contributed by atoms with E-state index in [0.29, 0.717) is 11.7 Å². The largest absolute Gasteiger partial charge is 0.332 e. The average Bonchev–Trinajstić information content (AvgIpc) is 2.76. The summed E-state index contributed by atoms with van der Waals surface area (Å²) in [5.74, 6) is 0.0881. The molecule has 1 unspecified atom stereocenters. The zero-order valence-electron chi connectivity index (χ0n) is 12.3. The Kier molecular flexibility index (Phi) is 3.01. The summed E-state index contributed by atoms with van der Waals surface area (Å²) in [6, 6.07) is 16.1. The number of aryl methyl sites for hydroxylation is 1. The molecule has 2 aliphatic heterocycles. The second-order valence-electron chi connectivity index (χ2n) is 5.91. The predicted molar refractivity (Wildman–Crippen MR) is 90.7 cm³/mol. The second-order valence-corrected chi connectivity index (χ2v) is 6.28. The molecule has 2 aliphatic rings. The zero-order chi connectivity index (χ0) is 15.3. The van der Waals surface area contributed by atoms with Crippen molar-refractivity contribution in [3.05, 3.63) is 65.2 Å². The van der Waals surface area contributed by atoms with Gasteiger partial charge in [0.25, 0.3) is 5.91 Å². The molecule has 110 valence electrons. The molecule has 3 nitrogen and oxygen atoms in total. The van der Waals surface area contributed by atoms with Crippen molar-refractivity contribution in [1.82, 2.24) is 4.90 Å². The maximum absolute atomic E-state index is 12.9. The van der Waals surface area contributed by atoms with E-state index in [-0.39, 0.29) is 11.9 Å². The van der Waals surface area contributed by atoms with Gasteiger partial charge in [-0.1, -0.05) is 36.4 Å². The van der Waals surface area contributed by atoms with Crippen molar-refractivity contribution in [2.75, 3.05) is 4.90 Å². The lowest BCUT2D eigenvalue weighted by molar-refractivity contribution is -0.119. The molecule has 0 radical (unpaired) electrons. The molecule has 1 atom stereocenters. The van der Waals surface area contributed by atoms with Crippen LogP contribution in [0.3, 0.4) is 0 Å². The van der Waals surface area contributed by atoms with Crippen LogP contribution >= 0.6 is 12.2 Å². The summed E-state index contributed by atoms with van der Waals surface area (Å²) >= 11 is 5.60. The summed E-state index contributed by atoms with van der Waals surface area (Å²) < 4.78 is 0. The standard InChI is InChI=1S/C18H16N2OS/c1-12-5-4-8-15(9-12)20-17(21)16-10-13-6-2-3-7-14(13)11-19(16)18(20)22/h2-9,16H,10-11H2,1H3. The van der Waals surface area contributed by atoms with Crippen molar-refractivity contribution < 1.29 is 4.79 Å². The fraction of sp³-hybridized carbons (Fsp3) is 0.222. The van der Waals surface area contributed by atoms with Crippen LogP contribution in [0.2, 0.25) is 0 Å². The predicted octanol–water partition coefficient (Wildman–Crippen LogP) is 3.05. The maximum atomic E-state index is 12.9. The minimum absolute atomic E-state index is 0.0881. The van der Waals surface area contributed by atoms with E-state index in [1.54, 1.807) is 4.90 Å². The molecule has 0 N–H and O–H groups in total. The molecule has 4 heteroatoms. The summed E-state index contributed by atoms with van der Waals surface area (Å²) in [6.07, 6.45) is 0.734. The highest BCUT2D eigenvalue weighted by molar-refractivity contribution is 7.80. The quantitative estimate of drug-likeness (QED) is 0.757. The maximum Gasteiger partial charge on any atom is 0.256 e. The number of anilines is 1. The Morgan fingerprint density at radius 2 is 1.86 bits per heavy atom. The molecule has 0 aliphatic carbocycles. The van der Waals surface area contributed by atoms with Gasteiger partial charge < -0.3 is 4.90 Å². The van der Waals surface area contributed by atoms with Crippen LogP contribution < -0.4 is 4.90 Å². The molecule has 0 spiro atoms. The topological polar surface area (TPSA) is 23.6 Å². The highest BCUT2D eigenvalue weighted by Crippen LogP contribution is 2.33. The number of rotatable bonds is 1. The molecular formula is C18H16N2OS. The van der Waals surface area contributed by atoms with E-state index in [1.807, 2.05) is 43.3 Å². The lowest BCUT2D eigenvalue weighted by Gasteiger charge is -2.30. The number of hydrogen-bond acceptors (Lipinski definition) is 2. The van der Waals surface area contributed by atoms with E-state index in [0.717, 1.165) is 17.7 Å². The second kappa shape index (κ2) is 4.92. The zero-order valence-corrected chi connectivity index (χ0v) is 13.1. The van der Waals surface area contributed by atoms with E-state index in [2.05, 4.69) is 17.0 Å². The smallest absolute Gasteiger partial charge is 0.256 e. The lowest BCUT2D eigenvalue weighted by Crippen LogP contribution is -2.39. The molecule has 1 saturated heterocycles. The van der Waals surface area contributed by atoms with Gasteiger partial charge in [-0.3, -0.25) is 9.69 Å². The van der Waals surface area contributed by atoms with Gasteiger partial charge in [0, 0.05) is 13.0 Å². The van der Waals surface area contributed by atoms with Crippen molar-refractivity contribution in [2.45, 2.75) is 25.9 Å². The highest BCUT2D eigenvalue weighted by Gasteiger charge is 2.45. The SMILES string of the molecule is Cc1cccc(N2C(=O)C3Cc4ccccc4CN3C2=S)c1. The molecule has 2 aromatic carbocycles. The Labute approximate surface area is 135 Å². The molecule has 4 rings (SSSR count). The van der Waals surface area contributed by atoms with Crippen LogP contribution in [0.25, 0.3) is 0 Å². The van der Waals surface area contributed by atoms with Crippen LogP contribution in [0.15, 0.2) is 48.5 Å². The number of fused-ring (bicyclic) bond motifs is 2. The number of amides is 1. The van der Waals surface area contributed by atoms with E-state index in [1.165, 1.54) is 11.1 Å². The fourth-order valence-electron chi connectivity index (χ4n) is 3.32. The number of hydrogen-bond donors (Lipinski definition) is 0. The normalized spacial score (nSPS) is 20.1. The van der Waals surface area contributed by atoms with Crippen molar-refractivity contribution in [1.29, 1.82) is 0 Å². The van der Waals surface area contributed by atoms with Crippen LogP contribution in [0.4, 0.5) is 5.69 Å². The Hall–Kier alpha value is -2.20.